The Hall–Kier alpha value is -0.610. The topological polar surface area (TPSA) is 58.6 Å². The summed E-state index contributed by atoms with van der Waals surface area (Å²) < 4.78 is 5.16. The van der Waals surface area contributed by atoms with Gasteiger partial charge in [-0.25, -0.2) is 0 Å². The van der Waals surface area contributed by atoms with Crippen molar-refractivity contribution in [1.29, 1.82) is 0 Å². The van der Waals surface area contributed by atoms with E-state index in [4.69, 9.17) is 4.74 Å². The standard InChI is InChI=1S/C11H21NO3/c1-2-3-4-10(13)12-9-11(14)5-7-15-8-6-11/h14H,2-9H2,1H3,(H,12,13). The Morgan fingerprint density at radius 3 is 2.73 bits per heavy atom. The predicted molar refractivity (Wildman–Crippen MR) is 57.5 cm³/mol. The molecule has 0 radical (unpaired) electrons. The molecule has 1 aliphatic rings. The number of hydrogen-bond acceptors (Lipinski definition) is 3. The Kier molecular flexibility index (Phi) is 5.05. The number of carbonyl (C=O) groups excluding carboxylic acids is 1. The third-order valence-corrected chi connectivity index (χ3v) is 2.80. The van der Waals surface area contributed by atoms with Crippen LogP contribution in [0.2, 0.25) is 0 Å². The second kappa shape index (κ2) is 6.08. The number of amides is 1. The minimum Gasteiger partial charge on any atom is -0.388 e. The van der Waals surface area contributed by atoms with E-state index in [0.29, 0.717) is 39.0 Å². The molecule has 0 aromatic rings. The van der Waals surface area contributed by atoms with Gasteiger partial charge in [0.05, 0.1) is 5.60 Å². The highest BCUT2D eigenvalue weighted by Gasteiger charge is 2.29. The molecular weight excluding hydrogens is 194 g/mol. The molecule has 1 amide bonds. The Bertz CT molecular complexity index is 200. The smallest absolute Gasteiger partial charge is 0.220 e. The van der Waals surface area contributed by atoms with Crippen molar-refractivity contribution in [3.8, 4) is 0 Å². The fraction of sp³-hybridized carbons (Fsp3) is 0.909. The molecule has 0 aromatic heterocycles. The average molecular weight is 215 g/mol. The SMILES string of the molecule is CCCCC(=O)NCC1(O)CCOCC1. The van der Waals surface area contributed by atoms with Crippen molar-refractivity contribution < 1.29 is 14.6 Å². The van der Waals surface area contributed by atoms with Gasteiger partial charge in [-0.15, -0.1) is 0 Å². The monoisotopic (exact) mass is 215 g/mol. The molecule has 1 saturated heterocycles. The quantitative estimate of drug-likeness (QED) is 0.714. The average Bonchev–Trinajstić information content (AvgIpc) is 2.25. The number of hydrogen-bond donors (Lipinski definition) is 2. The second-order valence-electron chi connectivity index (χ2n) is 4.22. The minimum atomic E-state index is -0.750. The van der Waals surface area contributed by atoms with Crippen molar-refractivity contribution in [3.63, 3.8) is 0 Å². The molecule has 0 unspecified atom stereocenters. The highest BCUT2D eigenvalue weighted by Crippen LogP contribution is 2.19. The lowest BCUT2D eigenvalue weighted by atomic mass is 9.94. The molecule has 0 bridgehead atoms. The summed E-state index contributed by atoms with van der Waals surface area (Å²) in [6, 6.07) is 0. The van der Waals surface area contributed by atoms with Crippen molar-refractivity contribution in [2.75, 3.05) is 19.8 Å². The lowest BCUT2D eigenvalue weighted by Crippen LogP contribution is -2.46. The van der Waals surface area contributed by atoms with Gasteiger partial charge in [0.1, 0.15) is 0 Å². The number of unbranched alkanes of at least 4 members (excludes halogenated alkanes) is 1. The third kappa shape index (κ3) is 4.62. The molecule has 2 N–H and O–H groups in total. The number of ether oxygens (including phenoxy) is 1. The van der Waals surface area contributed by atoms with Crippen LogP contribution < -0.4 is 5.32 Å². The van der Waals surface area contributed by atoms with Gasteiger partial charge >= 0.3 is 0 Å². The van der Waals surface area contributed by atoms with Crippen LogP contribution in [-0.2, 0) is 9.53 Å². The molecule has 1 aliphatic heterocycles. The first-order valence-electron chi connectivity index (χ1n) is 5.73. The van der Waals surface area contributed by atoms with Gasteiger partial charge in [0.15, 0.2) is 0 Å². The van der Waals surface area contributed by atoms with Crippen molar-refractivity contribution in [2.24, 2.45) is 0 Å². The van der Waals surface area contributed by atoms with Gasteiger partial charge in [0.2, 0.25) is 5.91 Å². The first kappa shape index (κ1) is 12.5. The van der Waals surface area contributed by atoms with E-state index in [2.05, 4.69) is 12.2 Å². The van der Waals surface area contributed by atoms with Gasteiger partial charge in [-0.2, -0.15) is 0 Å². The van der Waals surface area contributed by atoms with Crippen LogP contribution in [0.25, 0.3) is 0 Å². The van der Waals surface area contributed by atoms with E-state index in [9.17, 15) is 9.90 Å². The Balaban J connectivity index is 2.19. The zero-order valence-electron chi connectivity index (χ0n) is 9.42. The summed E-state index contributed by atoms with van der Waals surface area (Å²) in [6.45, 7) is 3.58. The molecule has 1 heterocycles. The van der Waals surface area contributed by atoms with E-state index in [1.54, 1.807) is 0 Å². The van der Waals surface area contributed by atoms with Crippen LogP contribution >= 0.6 is 0 Å². The zero-order chi connectivity index (χ0) is 11.1. The van der Waals surface area contributed by atoms with Gasteiger partial charge in [0, 0.05) is 39.0 Å². The Labute approximate surface area is 91.0 Å². The summed E-state index contributed by atoms with van der Waals surface area (Å²) in [5.74, 6) is 0.0387. The van der Waals surface area contributed by atoms with Crippen LogP contribution in [0.4, 0.5) is 0 Å². The maximum Gasteiger partial charge on any atom is 0.220 e. The maximum absolute atomic E-state index is 11.3. The van der Waals surface area contributed by atoms with Gasteiger partial charge in [-0.1, -0.05) is 13.3 Å². The first-order valence-corrected chi connectivity index (χ1v) is 5.73. The molecule has 0 atom stereocenters. The van der Waals surface area contributed by atoms with Crippen LogP contribution in [0.15, 0.2) is 0 Å². The summed E-state index contributed by atoms with van der Waals surface area (Å²) in [5.41, 5.74) is -0.750. The number of rotatable bonds is 5. The first-order chi connectivity index (χ1) is 7.16. The number of carbonyl (C=O) groups is 1. The third-order valence-electron chi connectivity index (χ3n) is 2.80. The van der Waals surface area contributed by atoms with E-state index in [1.807, 2.05) is 0 Å². The lowest BCUT2D eigenvalue weighted by molar-refractivity contribution is -0.124. The molecule has 1 fully saturated rings. The zero-order valence-corrected chi connectivity index (χ0v) is 9.42. The minimum absolute atomic E-state index is 0.0387. The molecular formula is C11H21NO3. The molecule has 88 valence electrons. The fourth-order valence-corrected chi connectivity index (χ4v) is 1.62. The molecule has 15 heavy (non-hydrogen) atoms. The number of aliphatic hydroxyl groups is 1. The van der Waals surface area contributed by atoms with Crippen molar-refractivity contribution in [3.05, 3.63) is 0 Å². The maximum atomic E-state index is 11.3. The van der Waals surface area contributed by atoms with E-state index >= 15 is 0 Å². The normalized spacial score (nSPS) is 19.9. The highest BCUT2D eigenvalue weighted by molar-refractivity contribution is 5.75. The van der Waals surface area contributed by atoms with Gasteiger partial charge in [-0.3, -0.25) is 4.79 Å². The largest absolute Gasteiger partial charge is 0.388 e. The molecule has 0 aromatic carbocycles. The van der Waals surface area contributed by atoms with Gasteiger partial charge < -0.3 is 15.2 Å². The molecule has 4 nitrogen and oxygen atoms in total. The molecule has 0 spiro atoms. The predicted octanol–water partition coefficient (Wildman–Crippen LogP) is 0.834. The van der Waals surface area contributed by atoms with Crippen LogP contribution in [0, 0.1) is 0 Å². The second-order valence-corrected chi connectivity index (χ2v) is 4.22. The summed E-state index contributed by atoms with van der Waals surface area (Å²) >= 11 is 0. The molecule has 0 saturated carbocycles. The number of nitrogens with one attached hydrogen (secondary N) is 1. The van der Waals surface area contributed by atoms with Crippen molar-refractivity contribution in [2.45, 2.75) is 44.6 Å². The van der Waals surface area contributed by atoms with Crippen LogP contribution in [0.1, 0.15) is 39.0 Å². The Morgan fingerprint density at radius 1 is 1.47 bits per heavy atom. The summed E-state index contributed by atoms with van der Waals surface area (Å²) in [5, 5.41) is 12.8. The fourth-order valence-electron chi connectivity index (χ4n) is 1.62. The summed E-state index contributed by atoms with van der Waals surface area (Å²) in [7, 11) is 0. The van der Waals surface area contributed by atoms with Crippen LogP contribution in [0.3, 0.4) is 0 Å². The molecule has 0 aliphatic carbocycles. The van der Waals surface area contributed by atoms with Crippen LogP contribution in [0.5, 0.6) is 0 Å². The summed E-state index contributed by atoms with van der Waals surface area (Å²) in [6.07, 6.45) is 3.71. The Morgan fingerprint density at radius 2 is 2.13 bits per heavy atom. The van der Waals surface area contributed by atoms with Crippen LogP contribution in [-0.4, -0.2) is 36.4 Å². The van der Waals surface area contributed by atoms with E-state index in [1.165, 1.54) is 0 Å². The summed E-state index contributed by atoms with van der Waals surface area (Å²) in [4.78, 5) is 11.3. The lowest BCUT2D eigenvalue weighted by Gasteiger charge is -2.32. The van der Waals surface area contributed by atoms with Crippen molar-refractivity contribution >= 4 is 5.91 Å². The highest BCUT2D eigenvalue weighted by atomic mass is 16.5. The van der Waals surface area contributed by atoms with Gasteiger partial charge in [0.25, 0.3) is 0 Å². The van der Waals surface area contributed by atoms with Crippen molar-refractivity contribution in [1.82, 2.24) is 5.32 Å². The van der Waals surface area contributed by atoms with Gasteiger partial charge in [-0.05, 0) is 6.42 Å². The van der Waals surface area contributed by atoms with E-state index < -0.39 is 5.60 Å². The molecule has 4 heteroatoms. The van der Waals surface area contributed by atoms with E-state index in [0.717, 1.165) is 12.8 Å². The molecule has 1 rings (SSSR count). The van der Waals surface area contributed by atoms with E-state index in [-0.39, 0.29) is 5.91 Å².